The number of phenols is 1. The summed E-state index contributed by atoms with van der Waals surface area (Å²) < 4.78 is 110. The highest BCUT2D eigenvalue weighted by Crippen LogP contribution is 2.48. The molecule has 3 aromatic carbocycles. The molecule has 4 aromatic rings. The number of ether oxygens (including phenoxy) is 1. The van der Waals surface area contributed by atoms with E-state index in [1.54, 1.807) is 13.8 Å². The Morgan fingerprint density at radius 3 is 2.50 bits per heavy atom. The lowest BCUT2D eigenvalue weighted by atomic mass is 9.87. The van der Waals surface area contributed by atoms with Crippen LogP contribution in [0.2, 0.25) is 0 Å². The summed E-state index contributed by atoms with van der Waals surface area (Å²) in [4.78, 5) is 12.7. The number of aromatic nitrogens is 2. The lowest BCUT2D eigenvalue weighted by Gasteiger charge is -2.34. The molecule has 14 heteroatoms. The molecule has 0 radical (unpaired) electrons. The van der Waals surface area contributed by atoms with Crippen LogP contribution in [0, 0.1) is 11.6 Å². The Morgan fingerprint density at radius 2 is 1.82 bits per heavy atom. The summed E-state index contributed by atoms with van der Waals surface area (Å²) in [6, 6.07) is 4.39. The molecule has 7 rings (SSSR count). The maximum atomic E-state index is 17.2. The zero-order valence-corrected chi connectivity index (χ0v) is 27.5. The van der Waals surface area contributed by atoms with Gasteiger partial charge in [-0.25, -0.2) is 8.78 Å². The summed E-state index contributed by atoms with van der Waals surface area (Å²) in [6.45, 7) is 5.59. The maximum Gasteiger partial charge on any atom is 0.417 e. The van der Waals surface area contributed by atoms with Crippen LogP contribution < -0.4 is 15.0 Å². The number of hydrogen-bond donors (Lipinski definition) is 2. The third kappa shape index (κ3) is 6.10. The Balaban J connectivity index is 1.48. The van der Waals surface area contributed by atoms with Gasteiger partial charge in [0.25, 0.3) is 6.08 Å². The second-order valence-electron chi connectivity index (χ2n) is 13.7. The standard InChI is InChI=1S/C36H36F7N5O2/c1-19(2)28-26(37)6-5-20-13-22(49)15-23(29(20)28)30-25(36(41,42)43)16-24-32(31(30)40)45-34(50-18-35-7-3-10-48(35)11-4-8-35)46-33(24)47-12-9-44-21(17-47)14-27(38)39/h5-6,13-16,19,21,44,49H,3-4,7-12,17-18H2,1-2H3. The van der Waals surface area contributed by atoms with Crippen LogP contribution in [0.3, 0.4) is 0 Å². The normalized spacial score (nSPS) is 19.5. The topological polar surface area (TPSA) is 73.8 Å². The van der Waals surface area contributed by atoms with E-state index < -0.39 is 58.2 Å². The van der Waals surface area contributed by atoms with Gasteiger partial charge in [0.05, 0.1) is 11.1 Å². The first kappa shape index (κ1) is 34.3. The van der Waals surface area contributed by atoms with Crippen molar-refractivity contribution in [2.45, 2.75) is 63.2 Å². The van der Waals surface area contributed by atoms with Gasteiger partial charge in [-0.05, 0) is 96.9 Å². The number of piperazine rings is 1. The van der Waals surface area contributed by atoms with E-state index in [0.717, 1.165) is 57.0 Å². The van der Waals surface area contributed by atoms with Crippen molar-refractivity contribution in [3.63, 3.8) is 0 Å². The lowest BCUT2D eigenvalue weighted by molar-refractivity contribution is -0.137. The molecule has 3 saturated heterocycles. The van der Waals surface area contributed by atoms with Crippen molar-refractivity contribution in [3.8, 4) is 22.9 Å². The summed E-state index contributed by atoms with van der Waals surface area (Å²) in [7, 11) is 0. The molecule has 0 saturated carbocycles. The van der Waals surface area contributed by atoms with Gasteiger partial charge in [0, 0.05) is 36.6 Å². The fraction of sp³-hybridized carbons (Fsp3) is 0.444. The van der Waals surface area contributed by atoms with Gasteiger partial charge in [-0.15, -0.1) is 0 Å². The Hall–Kier alpha value is -4.17. The number of halogens is 7. The molecule has 7 nitrogen and oxygen atoms in total. The minimum atomic E-state index is -5.13. The van der Waals surface area contributed by atoms with Gasteiger partial charge in [-0.3, -0.25) is 4.90 Å². The molecule has 3 aliphatic heterocycles. The van der Waals surface area contributed by atoms with Gasteiger partial charge < -0.3 is 20.1 Å². The van der Waals surface area contributed by atoms with Crippen LogP contribution in [0.15, 0.2) is 42.5 Å². The third-order valence-electron chi connectivity index (χ3n) is 10.2. The van der Waals surface area contributed by atoms with Crippen molar-refractivity contribution in [2.75, 3.05) is 44.2 Å². The number of aromatic hydroxyl groups is 1. The van der Waals surface area contributed by atoms with Crippen LogP contribution in [0.5, 0.6) is 11.8 Å². The van der Waals surface area contributed by atoms with E-state index >= 15 is 22.0 Å². The van der Waals surface area contributed by atoms with Crippen molar-refractivity contribution in [1.29, 1.82) is 0 Å². The van der Waals surface area contributed by atoms with Crippen LogP contribution >= 0.6 is 0 Å². The van der Waals surface area contributed by atoms with E-state index in [1.165, 1.54) is 17.0 Å². The molecule has 3 fully saturated rings. The zero-order valence-electron chi connectivity index (χ0n) is 27.5. The van der Waals surface area contributed by atoms with Crippen molar-refractivity contribution in [3.05, 3.63) is 65.2 Å². The number of alkyl halides is 3. The molecule has 0 amide bonds. The molecule has 266 valence electrons. The Labute approximate surface area is 283 Å². The minimum Gasteiger partial charge on any atom is -0.508 e. The van der Waals surface area contributed by atoms with E-state index in [2.05, 4.69) is 20.2 Å². The molecule has 1 unspecified atom stereocenters. The number of rotatable bonds is 7. The van der Waals surface area contributed by atoms with E-state index in [1.807, 2.05) is 0 Å². The average molecular weight is 704 g/mol. The lowest BCUT2D eigenvalue weighted by Crippen LogP contribution is -2.50. The molecule has 4 heterocycles. The fourth-order valence-electron chi connectivity index (χ4n) is 8.09. The van der Waals surface area contributed by atoms with Crippen LogP contribution in [0.1, 0.15) is 56.6 Å². The first-order valence-electron chi connectivity index (χ1n) is 16.7. The minimum absolute atomic E-state index is 0.0268. The van der Waals surface area contributed by atoms with Crippen LogP contribution in [-0.2, 0) is 6.18 Å². The fourth-order valence-corrected chi connectivity index (χ4v) is 8.09. The number of hydrogen-bond acceptors (Lipinski definition) is 7. The molecule has 0 aliphatic carbocycles. The van der Waals surface area contributed by atoms with Crippen molar-refractivity contribution in [2.24, 2.45) is 0 Å². The Morgan fingerprint density at radius 1 is 1.08 bits per heavy atom. The second-order valence-corrected chi connectivity index (χ2v) is 13.7. The smallest absolute Gasteiger partial charge is 0.417 e. The summed E-state index contributed by atoms with van der Waals surface area (Å²) in [5.41, 5.74) is -3.33. The van der Waals surface area contributed by atoms with Crippen LogP contribution in [0.4, 0.5) is 36.6 Å². The number of nitrogens with zero attached hydrogens (tertiary/aromatic N) is 4. The van der Waals surface area contributed by atoms with Crippen molar-refractivity contribution < 1.29 is 40.6 Å². The molecule has 50 heavy (non-hydrogen) atoms. The summed E-state index contributed by atoms with van der Waals surface area (Å²) in [5, 5.41) is 13.5. The van der Waals surface area contributed by atoms with E-state index in [0.29, 0.717) is 6.08 Å². The Kier molecular flexibility index (Phi) is 8.82. The maximum absolute atomic E-state index is 17.2. The summed E-state index contributed by atoms with van der Waals surface area (Å²) in [5.74, 6) is -3.10. The van der Waals surface area contributed by atoms with Gasteiger partial charge in [0.15, 0.2) is 5.82 Å². The van der Waals surface area contributed by atoms with Crippen LogP contribution in [0.25, 0.3) is 32.8 Å². The van der Waals surface area contributed by atoms with Crippen molar-refractivity contribution >= 4 is 27.5 Å². The molecule has 1 aromatic heterocycles. The van der Waals surface area contributed by atoms with Crippen LogP contribution in [-0.4, -0.2) is 70.9 Å². The number of fused-ring (bicyclic) bond motifs is 3. The molecule has 0 bridgehead atoms. The van der Waals surface area contributed by atoms with Gasteiger partial charge in [0.1, 0.15) is 29.5 Å². The quantitative estimate of drug-likeness (QED) is 0.188. The van der Waals surface area contributed by atoms with E-state index in [9.17, 15) is 13.9 Å². The predicted molar refractivity (Wildman–Crippen MR) is 176 cm³/mol. The van der Waals surface area contributed by atoms with Gasteiger partial charge in [-0.1, -0.05) is 19.9 Å². The molecule has 3 aliphatic rings. The first-order chi connectivity index (χ1) is 23.8. The number of benzene rings is 3. The van der Waals surface area contributed by atoms with Gasteiger partial charge in [0.2, 0.25) is 0 Å². The number of phenolic OH excluding ortho intramolecular Hbond substituents is 1. The first-order valence-corrected chi connectivity index (χ1v) is 16.7. The van der Waals surface area contributed by atoms with E-state index in [4.69, 9.17) is 4.74 Å². The highest BCUT2D eigenvalue weighted by molar-refractivity contribution is 6.04. The Bertz CT molecular complexity index is 1990. The molecular weight excluding hydrogens is 667 g/mol. The van der Waals surface area contributed by atoms with E-state index in [-0.39, 0.29) is 70.9 Å². The largest absolute Gasteiger partial charge is 0.508 e. The molecule has 0 spiro atoms. The van der Waals surface area contributed by atoms with Crippen molar-refractivity contribution in [1.82, 2.24) is 20.2 Å². The summed E-state index contributed by atoms with van der Waals surface area (Å²) >= 11 is 0. The number of nitrogens with one attached hydrogen (secondary N) is 1. The third-order valence-corrected chi connectivity index (χ3v) is 10.2. The average Bonchev–Trinajstić information content (AvgIpc) is 3.63. The molecule has 2 N–H and O–H groups in total. The monoisotopic (exact) mass is 703 g/mol. The molecular formula is C36H36F7N5O2. The molecule has 1 atom stereocenters. The van der Waals surface area contributed by atoms with Gasteiger partial charge in [-0.2, -0.15) is 31.9 Å². The zero-order chi connectivity index (χ0) is 35.5. The number of anilines is 1. The second kappa shape index (κ2) is 12.9. The van der Waals surface area contributed by atoms with Gasteiger partial charge >= 0.3 is 12.2 Å². The highest BCUT2D eigenvalue weighted by Gasteiger charge is 2.45. The highest BCUT2D eigenvalue weighted by atomic mass is 19.4. The summed E-state index contributed by atoms with van der Waals surface area (Å²) in [6.07, 6.45) is -2.64. The SMILES string of the molecule is CC(C)c1c(F)ccc2cc(O)cc(-c3c(C(F)(F)F)cc4c(N5CCNC(C=C(F)F)C5)nc(OCC56CCCN5CCC6)nc4c3F)c12. The predicted octanol–water partition coefficient (Wildman–Crippen LogP) is 8.14.